The Labute approximate surface area is 186 Å². The van der Waals surface area contributed by atoms with Crippen LogP contribution in [0.15, 0.2) is 24.3 Å². The van der Waals surface area contributed by atoms with Gasteiger partial charge in [0.1, 0.15) is 5.75 Å². The Morgan fingerprint density at radius 2 is 1.13 bits per heavy atom. The predicted octanol–water partition coefficient (Wildman–Crippen LogP) is 7.19. The van der Waals surface area contributed by atoms with Crippen molar-refractivity contribution in [2.45, 2.75) is 122 Å². The van der Waals surface area contributed by atoms with Crippen LogP contribution in [0.1, 0.15) is 115 Å². The zero-order valence-corrected chi connectivity index (χ0v) is 19.8. The van der Waals surface area contributed by atoms with Crippen molar-refractivity contribution in [2.75, 3.05) is 13.2 Å². The molecule has 0 aliphatic rings. The maximum atomic E-state index is 9.02. The van der Waals surface area contributed by atoms with Crippen LogP contribution in [0.5, 0.6) is 5.75 Å². The number of aliphatic hydroxyl groups is 1. The molecule has 3 heteroatoms. The monoisotopic (exact) mass is 419 g/mol. The smallest absolute Gasteiger partial charge is 0.119 e. The Kier molecular flexibility index (Phi) is 17.9. The number of hydrogen-bond donors (Lipinski definition) is 2. The van der Waals surface area contributed by atoms with E-state index in [0.29, 0.717) is 6.42 Å². The van der Waals surface area contributed by atoms with E-state index < -0.39 is 0 Å². The molecular formula is C27H49NO2. The lowest BCUT2D eigenvalue weighted by Gasteiger charge is -2.10. The van der Waals surface area contributed by atoms with Gasteiger partial charge in [0, 0.05) is 6.04 Å². The van der Waals surface area contributed by atoms with Gasteiger partial charge in [0.05, 0.1) is 13.2 Å². The molecule has 0 aromatic heterocycles. The highest BCUT2D eigenvalue weighted by Gasteiger charge is 2.02. The van der Waals surface area contributed by atoms with Crippen molar-refractivity contribution < 1.29 is 9.84 Å². The van der Waals surface area contributed by atoms with Crippen LogP contribution in [-0.2, 0) is 6.42 Å². The predicted molar refractivity (Wildman–Crippen MR) is 130 cm³/mol. The van der Waals surface area contributed by atoms with E-state index in [4.69, 9.17) is 15.6 Å². The van der Waals surface area contributed by atoms with Gasteiger partial charge in [-0.3, -0.25) is 0 Å². The first-order valence-electron chi connectivity index (χ1n) is 12.8. The van der Waals surface area contributed by atoms with Crippen LogP contribution in [-0.4, -0.2) is 24.4 Å². The van der Waals surface area contributed by atoms with Gasteiger partial charge >= 0.3 is 0 Å². The first-order chi connectivity index (χ1) is 14.8. The molecule has 3 N–H and O–H groups in total. The van der Waals surface area contributed by atoms with E-state index in [9.17, 15) is 0 Å². The van der Waals surface area contributed by atoms with Crippen LogP contribution < -0.4 is 10.5 Å². The summed E-state index contributed by atoms with van der Waals surface area (Å²) in [5, 5.41) is 9.02. The van der Waals surface area contributed by atoms with Crippen molar-refractivity contribution in [1.29, 1.82) is 0 Å². The van der Waals surface area contributed by atoms with Gasteiger partial charge in [-0.1, -0.05) is 115 Å². The van der Waals surface area contributed by atoms with Crippen LogP contribution in [0.25, 0.3) is 0 Å². The molecule has 0 fully saturated rings. The molecule has 1 atom stereocenters. The number of hydrogen-bond acceptors (Lipinski definition) is 3. The second-order valence-electron chi connectivity index (χ2n) is 8.94. The topological polar surface area (TPSA) is 55.5 Å². The highest BCUT2D eigenvalue weighted by Crippen LogP contribution is 2.15. The summed E-state index contributed by atoms with van der Waals surface area (Å²) in [7, 11) is 0. The molecular weight excluding hydrogens is 370 g/mol. The fourth-order valence-electron chi connectivity index (χ4n) is 3.93. The van der Waals surface area contributed by atoms with E-state index in [1.807, 2.05) is 24.3 Å². The van der Waals surface area contributed by atoms with Crippen LogP contribution >= 0.6 is 0 Å². The van der Waals surface area contributed by atoms with Crippen molar-refractivity contribution in [2.24, 2.45) is 5.73 Å². The minimum atomic E-state index is -0.179. The largest absolute Gasteiger partial charge is 0.494 e. The quantitative estimate of drug-likeness (QED) is 0.207. The molecule has 1 unspecified atom stereocenters. The molecule has 30 heavy (non-hydrogen) atoms. The third-order valence-corrected chi connectivity index (χ3v) is 5.92. The highest BCUT2D eigenvalue weighted by molar-refractivity contribution is 5.27. The Hall–Kier alpha value is -1.06. The average Bonchev–Trinajstić information content (AvgIpc) is 2.77. The van der Waals surface area contributed by atoms with Crippen molar-refractivity contribution in [1.82, 2.24) is 0 Å². The summed E-state index contributed by atoms with van der Waals surface area (Å²) in [4.78, 5) is 0. The van der Waals surface area contributed by atoms with E-state index in [-0.39, 0.29) is 12.6 Å². The molecule has 0 aliphatic carbocycles. The fourth-order valence-corrected chi connectivity index (χ4v) is 3.93. The minimum Gasteiger partial charge on any atom is -0.494 e. The first kappa shape index (κ1) is 27.0. The Morgan fingerprint density at radius 3 is 1.57 bits per heavy atom. The van der Waals surface area contributed by atoms with Crippen molar-refractivity contribution in [3.05, 3.63) is 29.8 Å². The number of ether oxygens (including phenoxy) is 1. The molecule has 1 aromatic rings. The van der Waals surface area contributed by atoms with Gasteiger partial charge in [0.25, 0.3) is 0 Å². The summed E-state index contributed by atoms with van der Waals surface area (Å²) in [5.41, 5.74) is 6.91. The van der Waals surface area contributed by atoms with Gasteiger partial charge in [-0.05, 0) is 30.5 Å². The Morgan fingerprint density at radius 1 is 0.700 bits per heavy atom. The second kappa shape index (κ2) is 19.9. The Balaban J connectivity index is 1.82. The fraction of sp³-hybridized carbons (Fsp3) is 0.778. The molecule has 174 valence electrons. The lowest BCUT2D eigenvalue weighted by molar-refractivity contribution is 0.265. The summed E-state index contributed by atoms with van der Waals surface area (Å²) >= 11 is 0. The molecule has 0 spiro atoms. The van der Waals surface area contributed by atoms with Gasteiger partial charge in [-0.25, -0.2) is 0 Å². The molecule has 1 rings (SSSR count). The molecule has 0 radical (unpaired) electrons. The summed E-state index contributed by atoms with van der Waals surface area (Å²) in [5.74, 6) is 0.928. The number of aliphatic hydroxyl groups excluding tert-OH is 1. The zero-order valence-electron chi connectivity index (χ0n) is 19.8. The molecule has 1 aromatic carbocycles. The van der Waals surface area contributed by atoms with Gasteiger partial charge in [0.15, 0.2) is 0 Å². The van der Waals surface area contributed by atoms with E-state index >= 15 is 0 Å². The zero-order chi connectivity index (χ0) is 21.7. The van der Waals surface area contributed by atoms with Gasteiger partial charge in [-0.15, -0.1) is 0 Å². The molecule has 0 heterocycles. The summed E-state index contributed by atoms with van der Waals surface area (Å²) < 4.78 is 5.83. The van der Waals surface area contributed by atoms with E-state index in [2.05, 4.69) is 6.92 Å². The van der Waals surface area contributed by atoms with Gasteiger partial charge < -0.3 is 15.6 Å². The number of rotatable bonds is 21. The van der Waals surface area contributed by atoms with Crippen LogP contribution in [0, 0.1) is 0 Å². The molecule has 0 bridgehead atoms. The van der Waals surface area contributed by atoms with E-state index in [0.717, 1.165) is 24.3 Å². The number of benzene rings is 1. The number of unbranched alkanes of at least 4 members (excludes halogenated alkanes) is 15. The lowest BCUT2D eigenvalue weighted by atomic mass is 10.0. The molecule has 0 saturated carbocycles. The van der Waals surface area contributed by atoms with Gasteiger partial charge in [0.2, 0.25) is 0 Å². The van der Waals surface area contributed by atoms with Crippen molar-refractivity contribution >= 4 is 0 Å². The maximum absolute atomic E-state index is 9.02. The first-order valence-corrected chi connectivity index (χ1v) is 12.8. The third-order valence-electron chi connectivity index (χ3n) is 5.92. The lowest BCUT2D eigenvalue weighted by Crippen LogP contribution is -2.26. The third kappa shape index (κ3) is 15.7. The Bertz CT molecular complexity index is 474. The van der Waals surface area contributed by atoms with Crippen molar-refractivity contribution in [3.8, 4) is 5.75 Å². The second-order valence-corrected chi connectivity index (χ2v) is 8.94. The molecule has 0 aliphatic heterocycles. The maximum Gasteiger partial charge on any atom is 0.119 e. The van der Waals surface area contributed by atoms with Crippen LogP contribution in [0.4, 0.5) is 0 Å². The van der Waals surface area contributed by atoms with E-state index in [1.54, 1.807) is 0 Å². The summed E-state index contributed by atoms with van der Waals surface area (Å²) in [6.45, 7) is 3.11. The normalized spacial score (nSPS) is 12.2. The average molecular weight is 420 g/mol. The number of nitrogens with two attached hydrogens (primary N) is 1. The summed E-state index contributed by atoms with van der Waals surface area (Å²) in [6, 6.07) is 7.91. The molecule has 0 amide bonds. The highest BCUT2D eigenvalue weighted by atomic mass is 16.5. The van der Waals surface area contributed by atoms with E-state index in [1.165, 1.54) is 96.3 Å². The molecule has 0 saturated heterocycles. The molecule has 3 nitrogen and oxygen atoms in total. The van der Waals surface area contributed by atoms with Gasteiger partial charge in [-0.2, -0.15) is 0 Å². The van der Waals surface area contributed by atoms with Crippen molar-refractivity contribution in [3.63, 3.8) is 0 Å². The summed E-state index contributed by atoms with van der Waals surface area (Å²) in [6.07, 6.45) is 23.0. The van der Waals surface area contributed by atoms with Crippen LogP contribution in [0.2, 0.25) is 0 Å². The SMILES string of the molecule is CCCCCCCCCCCCCCCCCCOc1ccc(CC(N)CO)cc1. The minimum absolute atomic E-state index is 0.0253. The standard InChI is InChI=1S/C27H49NO2/c1-2-3-4-5-6-7-8-9-10-11-12-13-14-15-16-17-22-30-27-20-18-25(19-21-27)23-26(28)24-29/h18-21,26,29H,2-17,22-24,28H2,1H3. The van der Waals surface area contributed by atoms with Crippen LogP contribution in [0.3, 0.4) is 0 Å².